The van der Waals surface area contributed by atoms with Crippen LogP contribution in [0.3, 0.4) is 0 Å². The largest absolute Gasteiger partial charge is 0.356 e. The van der Waals surface area contributed by atoms with E-state index in [1.807, 2.05) is 7.05 Å². The molecule has 3 fully saturated rings. The number of nitrogens with zero attached hydrogens (tertiary/aromatic N) is 5. The fraction of sp³-hybridized carbons (Fsp3) is 0.864. The van der Waals surface area contributed by atoms with Crippen molar-refractivity contribution in [1.29, 1.82) is 0 Å². The average Bonchev–Trinajstić information content (AvgIpc) is 3.55. The molecule has 7 nitrogen and oxygen atoms in total. The monoisotopic (exact) mass is 561 g/mol. The fourth-order valence-electron chi connectivity index (χ4n) is 5.49. The first kappa shape index (κ1) is 25.1. The number of rotatable bonds is 8. The van der Waals surface area contributed by atoms with Crippen LogP contribution in [0.25, 0.3) is 0 Å². The minimum absolute atomic E-state index is 0. The predicted molar refractivity (Wildman–Crippen MR) is 140 cm³/mol. The molecule has 1 aromatic heterocycles. The van der Waals surface area contributed by atoms with Gasteiger partial charge in [-0.2, -0.15) is 0 Å². The molecule has 0 amide bonds. The second-order valence-corrected chi connectivity index (χ2v) is 9.85. The van der Waals surface area contributed by atoms with Crippen molar-refractivity contribution in [1.82, 2.24) is 30.3 Å². The number of aliphatic imine (C=N–C) groups is 1. The van der Waals surface area contributed by atoms with Crippen LogP contribution in [-0.2, 0) is 6.42 Å². The van der Waals surface area contributed by atoms with Crippen molar-refractivity contribution in [3.05, 3.63) is 5.82 Å². The van der Waals surface area contributed by atoms with Crippen molar-refractivity contribution >= 4 is 41.7 Å². The van der Waals surface area contributed by atoms with Gasteiger partial charge in [0.15, 0.2) is 11.1 Å². The van der Waals surface area contributed by atoms with Gasteiger partial charge in [-0.3, -0.25) is 9.89 Å². The van der Waals surface area contributed by atoms with Crippen LogP contribution >= 0.6 is 35.7 Å². The van der Waals surface area contributed by atoms with Gasteiger partial charge in [0, 0.05) is 51.2 Å². The zero-order valence-electron chi connectivity index (χ0n) is 19.2. The molecule has 1 aliphatic heterocycles. The van der Waals surface area contributed by atoms with E-state index >= 15 is 0 Å². The first-order valence-corrected chi connectivity index (χ1v) is 13.2. The number of thioether (sulfide) groups is 1. The van der Waals surface area contributed by atoms with E-state index in [0.29, 0.717) is 12.1 Å². The fourth-order valence-corrected chi connectivity index (χ4v) is 6.07. The smallest absolute Gasteiger partial charge is 0.191 e. The summed E-state index contributed by atoms with van der Waals surface area (Å²) in [4.78, 5) is 7.15. The highest BCUT2D eigenvalue weighted by Gasteiger charge is 2.30. The molecule has 1 saturated heterocycles. The molecule has 176 valence electrons. The minimum atomic E-state index is 0. The van der Waals surface area contributed by atoms with E-state index in [4.69, 9.17) is 0 Å². The Labute approximate surface area is 209 Å². The number of aryl methyl sites for hydroxylation is 1. The Morgan fingerprint density at radius 2 is 1.77 bits per heavy atom. The third kappa shape index (κ3) is 6.50. The first-order chi connectivity index (χ1) is 14.8. The Hall–Kier alpha value is -0.550. The third-order valence-corrected chi connectivity index (χ3v) is 7.75. The Morgan fingerprint density at radius 3 is 2.45 bits per heavy atom. The zero-order valence-corrected chi connectivity index (χ0v) is 22.3. The van der Waals surface area contributed by atoms with E-state index in [9.17, 15) is 0 Å². The summed E-state index contributed by atoms with van der Waals surface area (Å²) in [6.45, 7) is 3.30. The van der Waals surface area contributed by atoms with Crippen molar-refractivity contribution < 1.29 is 0 Å². The SMILES string of the molecule is CN=C(NCCCc1nnc(SC)n1C1CCCC1)NC1CCN(C2CCCC2)C1.I. The summed E-state index contributed by atoms with van der Waals surface area (Å²) < 4.78 is 2.42. The molecule has 0 radical (unpaired) electrons. The molecule has 1 aromatic rings. The van der Waals surface area contributed by atoms with E-state index in [0.717, 1.165) is 48.9 Å². The van der Waals surface area contributed by atoms with Crippen LogP contribution < -0.4 is 10.6 Å². The molecule has 4 rings (SSSR count). The quantitative estimate of drug-likeness (QED) is 0.165. The summed E-state index contributed by atoms with van der Waals surface area (Å²) in [6, 6.07) is 1.95. The molecule has 1 unspecified atom stereocenters. The predicted octanol–water partition coefficient (Wildman–Crippen LogP) is 3.85. The van der Waals surface area contributed by atoms with Crippen LogP contribution in [0.4, 0.5) is 0 Å². The summed E-state index contributed by atoms with van der Waals surface area (Å²) in [5.41, 5.74) is 0. The van der Waals surface area contributed by atoms with Crippen molar-refractivity contribution in [3.63, 3.8) is 0 Å². The Kier molecular flexibility index (Phi) is 10.2. The van der Waals surface area contributed by atoms with Crippen LogP contribution in [0.15, 0.2) is 10.1 Å². The van der Waals surface area contributed by atoms with Crippen molar-refractivity contribution in [2.24, 2.45) is 4.99 Å². The molecule has 0 aromatic carbocycles. The lowest BCUT2D eigenvalue weighted by atomic mass is 10.2. The summed E-state index contributed by atoms with van der Waals surface area (Å²) in [5.74, 6) is 2.09. The Balaban J connectivity index is 0.00000272. The Bertz CT molecular complexity index is 698. The number of halogens is 1. The van der Waals surface area contributed by atoms with Gasteiger partial charge in [-0.25, -0.2) is 0 Å². The van der Waals surface area contributed by atoms with Crippen molar-refractivity contribution in [2.75, 3.05) is 32.9 Å². The van der Waals surface area contributed by atoms with Gasteiger partial charge in [-0.05, 0) is 44.8 Å². The molecule has 3 aliphatic rings. The highest BCUT2D eigenvalue weighted by Crippen LogP contribution is 2.33. The first-order valence-electron chi connectivity index (χ1n) is 12.0. The molecule has 2 heterocycles. The van der Waals surface area contributed by atoms with Crippen LogP contribution in [0.5, 0.6) is 0 Å². The second kappa shape index (κ2) is 12.6. The minimum Gasteiger partial charge on any atom is -0.356 e. The molecule has 9 heteroatoms. The molecule has 2 saturated carbocycles. The molecule has 0 bridgehead atoms. The highest BCUT2D eigenvalue weighted by molar-refractivity contribution is 14.0. The van der Waals surface area contributed by atoms with Gasteiger partial charge in [0.1, 0.15) is 5.82 Å². The van der Waals surface area contributed by atoms with Crippen LogP contribution in [0, 0.1) is 0 Å². The van der Waals surface area contributed by atoms with Gasteiger partial charge in [-0.15, -0.1) is 34.2 Å². The number of guanidine groups is 1. The normalized spacial score (nSPS) is 23.4. The summed E-state index contributed by atoms with van der Waals surface area (Å²) in [7, 11) is 1.88. The number of likely N-dealkylation sites (tertiary alicyclic amines) is 1. The van der Waals surface area contributed by atoms with Gasteiger partial charge in [0.05, 0.1) is 0 Å². The Morgan fingerprint density at radius 1 is 1.06 bits per heavy atom. The molecule has 0 spiro atoms. The lowest BCUT2D eigenvalue weighted by molar-refractivity contribution is 0.242. The lowest BCUT2D eigenvalue weighted by Crippen LogP contribution is -2.45. The maximum absolute atomic E-state index is 4.51. The maximum atomic E-state index is 4.51. The van der Waals surface area contributed by atoms with Gasteiger partial charge in [0.25, 0.3) is 0 Å². The maximum Gasteiger partial charge on any atom is 0.191 e. The van der Waals surface area contributed by atoms with Crippen LogP contribution in [0.2, 0.25) is 0 Å². The molecule has 31 heavy (non-hydrogen) atoms. The van der Waals surface area contributed by atoms with Gasteiger partial charge in [-0.1, -0.05) is 37.4 Å². The highest BCUT2D eigenvalue weighted by atomic mass is 127. The van der Waals surface area contributed by atoms with Gasteiger partial charge >= 0.3 is 0 Å². The van der Waals surface area contributed by atoms with E-state index in [1.165, 1.54) is 64.3 Å². The molecule has 2 aliphatic carbocycles. The lowest BCUT2D eigenvalue weighted by Gasteiger charge is -2.24. The van der Waals surface area contributed by atoms with E-state index < -0.39 is 0 Å². The van der Waals surface area contributed by atoms with Gasteiger partial charge < -0.3 is 15.2 Å². The van der Waals surface area contributed by atoms with Crippen LogP contribution in [-0.4, -0.2) is 70.6 Å². The standard InChI is InChI=1S/C22H39N7S.HI/c1-23-21(25-17-13-15-28(16-17)18-8-3-4-9-18)24-14-7-12-20-26-27-22(30-2)29(20)19-10-5-6-11-19;/h17-19H,3-16H2,1-2H3,(H2,23,24,25);1H. The molecule has 1 atom stereocenters. The third-order valence-electron chi connectivity index (χ3n) is 7.10. The molecule has 2 N–H and O–H groups in total. The average molecular weight is 562 g/mol. The zero-order chi connectivity index (χ0) is 20.8. The number of hydrogen-bond donors (Lipinski definition) is 2. The summed E-state index contributed by atoms with van der Waals surface area (Å²) in [5, 5.41) is 17.2. The number of nitrogens with one attached hydrogen (secondary N) is 2. The molecular formula is C22H40IN7S. The second-order valence-electron chi connectivity index (χ2n) is 9.08. The van der Waals surface area contributed by atoms with E-state index in [1.54, 1.807) is 11.8 Å². The topological polar surface area (TPSA) is 70.4 Å². The van der Waals surface area contributed by atoms with Crippen LogP contribution in [0.1, 0.15) is 76.1 Å². The number of hydrogen-bond acceptors (Lipinski definition) is 5. The van der Waals surface area contributed by atoms with Crippen molar-refractivity contribution in [2.45, 2.75) is 93.9 Å². The summed E-state index contributed by atoms with van der Waals surface area (Å²) in [6.07, 6.45) is 16.1. The summed E-state index contributed by atoms with van der Waals surface area (Å²) >= 11 is 1.72. The van der Waals surface area contributed by atoms with E-state index in [-0.39, 0.29) is 24.0 Å². The van der Waals surface area contributed by atoms with E-state index in [2.05, 4.69) is 41.5 Å². The van der Waals surface area contributed by atoms with Gasteiger partial charge in [0.2, 0.25) is 0 Å². The molecular weight excluding hydrogens is 521 g/mol. The number of aromatic nitrogens is 3. The van der Waals surface area contributed by atoms with Crippen molar-refractivity contribution in [3.8, 4) is 0 Å².